The predicted octanol–water partition coefficient (Wildman–Crippen LogP) is 4.33. The highest BCUT2D eigenvalue weighted by Crippen LogP contribution is 2.22. The Hall–Kier alpha value is -3.09. The summed E-state index contributed by atoms with van der Waals surface area (Å²) in [6.45, 7) is 5.13. The molecule has 3 aromatic rings. The van der Waals surface area contributed by atoms with Gasteiger partial charge in [-0.25, -0.2) is 17.9 Å². The third kappa shape index (κ3) is 3.93. The summed E-state index contributed by atoms with van der Waals surface area (Å²) in [4.78, 5) is 12.5. The Morgan fingerprint density at radius 1 is 1.11 bits per heavy atom. The van der Waals surface area contributed by atoms with E-state index in [0.717, 1.165) is 12.1 Å². The first-order valence-electron chi connectivity index (χ1n) is 8.82. The molecule has 1 N–H and O–H groups in total. The quantitative estimate of drug-likeness (QED) is 0.709. The summed E-state index contributed by atoms with van der Waals surface area (Å²) in [6, 6.07) is 8.98. The lowest BCUT2D eigenvalue weighted by Crippen LogP contribution is -2.29. The smallest absolute Gasteiger partial charge is 0.225 e. The van der Waals surface area contributed by atoms with Gasteiger partial charge in [0.1, 0.15) is 17.3 Å². The van der Waals surface area contributed by atoms with Crippen molar-refractivity contribution >= 4 is 5.91 Å². The summed E-state index contributed by atoms with van der Waals surface area (Å²) in [5.74, 6) is -2.11. The van der Waals surface area contributed by atoms with E-state index >= 15 is 0 Å². The monoisotopic (exact) mass is 387 g/mol. The Morgan fingerprint density at radius 2 is 1.82 bits per heavy atom. The number of carbonyl (C=O) groups is 1. The molecule has 0 aliphatic rings. The number of halogens is 3. The van der Waals surface area contributed by atoms with Crippen LogP contribution in [0.1, 0.15) is 35.5 Å². The molecule has 0 aliphatic carbocycles. The number of nitrogens with one attached hydrogen (secondary N) is 1. The van der Waals surface area contributed by atoms with E-state index in [1.54, 1.807) is 39.0 Å². The Kier molecular flexibility index (Phi) is 5.53. The third-order valence-corrected chi connectivity index (χ3v) is 4.67. The molecule has 28 heavy (non-hydrogen) atoms. The molecule has 1 atom stereocenters. The van der Waals surface area contributed by atoms with E-state index in [0.29, 0.717) is 22.5 Å². The zero-order valence-electron chi connectivity index (χ0n) is 15.8. The molecule has 0 fully saturated rings. The van der Waals surface area contributed by atoms with Gasteiger partial charge >= 0.3 is 0 Å². The normalized spacial score (nSPS) is 12.1. The van der Waals surface area contributed by atoms with Crippen LogP contribution in [0.3, 0.4) is 0 Å². The average Bonchev–Trinajstić information content (AvgIpc) is 2.90. The van der Waals surface area contributed by atoms with Gasteiger partial charge in [-0.05, 0) is 39.0 Å². The molecule has 2 aromatic carbocycles. The number of aryl methyl sites for hydroxylation is 1. The molecule has 7 heteroatoms. The molecule has 1 aromatic heterocycles. The van der Waals surface area contributed by atoms with Crippen molar-refractivity contribution in [1.82, 2.24) is 15.1 Å². The number of benzene rings is 2. The first-order valence-corrected chi connectivity index (χ1v) is 8.82. The topological polar surface area (TPSA) is 46.9 Å². The standard InChI is InChI=1S/C21H20F3N3O/c1-12(16-6-4-5-7-18(16)23)25-21(28)11-17-13(2)26-27(14(17)3)20-9-8-15(22)10-19(20)24/h4-10,12H,11H2,1-3H3,(H,25,28). The van der Waals surface area contributed by atoms with Crippen molar-refractivity contribution in [3.63, 3.8) is 0 Å². The van der Waals surface area contributed by atoms with Crippen molar-refractivity contribution in [2.75, 3.05) is 0 Å². The van der Waals surface area contributed by atoms with Crippen LogP contribution in [0.5, 0.6) is 0 Å². The highest BCUT2D eigenvalue weighted by molar-refractivity contribution is 5.79. The van der Waals surface area contributed by atoms with Crippen molar-refractivity contribution in [1.29, 1.82) is 0 Å². The van der Waals surface area contributed by atoms with Gasteiger partial charge in [-0.3, -0.25) is 4.79 Å². The van der Waals surface area contributed by atoms with Gasteiger partial charge in [0.25, 0.3) is 0 Å². The second-order valence-electron chi connectivity index (χ2n) is 6.64. The molecule has 0 saturated heterocycles. The molecular weight excluding hydrogens is 367 g/mol. The number of rotatable bonds is 5. The van der Waals surface area contributed by atoms with Gasteiger partial charge in [0.15, 0.2) is 5.82 Å². The molecule has 0 bridgehead atoms. The number of amides is 1. The Labute approximate surface area is 161 Å². The lowest BCUT2D eigenvalue weighted by molar-refractivity contribution is -0.121. The van der Waals surface area contributed by atoms with E-state index in [9.17, 15) is 18.0 Å². The SMILES string of the molecule is Cc1nn(-c2ccc(F)cc2F)c(C)c1CC(=O)NC(C)c1ccccc1F. The molecule has 1 heterocycles. The number of nitrogens with zero attached hydrogens (tertiary/aromatic N) is 2. The molecule has 1 amide bonds. The Balaban J connectivity index is 1.80. The number of hydrogen-bond acceptors (Lipinski definition) is 2. The molecule has 146 valence electrons. The van der Waals surface area contributed by atoms with Crippen molar-refractivity contribution in [2.24, 2.45) is 0 Å². The fraction of sp³-hybridized carbons (Fsp3) is 0.238. The van der Waals surface area contributed by atoms with Crippen LogP contribution in [-0.2, 0) is 11.2 Å². The van der Waals surface area contributed by atoms with Crippen molar-refractivity contribution in [2.45, 2.75) is 33.2 Å². The highest BCUT2D eigenvalue weighted by atomic mass is 19.1. The van der Waals surface area contributed by atoms with Crippen LogP contribution >= 0.6 is 0 Å². The van der Waals surface area contributed by atoms with Gasteiger partial charge in [-0.2, -0.15) is 5.10 Å². The van der Waals surface area contributed by atoms with E-state index in [1.807, 2.05) is 0 Å². The molecule has 0 radical (unpaired) electrons. The molecule has 4 nitrogen and oxygen atoms in total. The second kappa shape index (κ2) is 7.88. The van der Waals surface area contributed by atoms with Crippen molar-refractivity contribution in [3.05, 3.63) is 82.4 Å². The third-order valence-electron chi connectivity index (χ3n) is 4.67. The molecule has 0 spiro atoms. The Morgan fingerprint density at radius 3 is 2.50 bits per heavy atom. The summed E-state index contributed by atoms with van der Waals surface area (Å²) in [5, 5.41) is 7.06. The maximum absolute atomic E-state index is 14.1. The zero-order valence-corrected chi connectivity index (χ0v) is 15.8. The zero-order chi connectivity index (χ0) is 20.4. The van der Waals surface area contributed by atoms with Crippen LogP contribution < -0.4 is 5.32 Å². The minimum atomic E-state index is -0.741. The van der Waals surface area contributed by atoms with E-state index in [1.165, 1.54) is 16.8 Å². The van der Waals surface area contributed by atoms with Gasteiger partial charge in [0, 0.05) is 22.9 Å². The lowest BCUT2D eigenvalue weighted by Gasteiger charge is -2.15. The van der Waals surface area contributed by atoms with Gasteiger partial charge in [0.05, 0.1) is 18.2 Å². The summed E-state index contributed by atoms with van der Waals surface area (Å²) in [6.07, 6.45) is 0.0132. The van der Waals surface area contributed by atoms with Gasteiger partial charge < -0.3 is 5.32 Å². The molecular formula is C21H20F3N3O. The predicted molar refractivity (Wildman–Crippen MR) is 99.6 cm³/mol. The fourth-order valence-electron chi connectivity index (χ4n) is 3.18. The summed E-state index contributed by atoms with van der Waals surface area (Å²) in [5.41, 5.74) is 2.29. The summed E-state index contributed by atoms with van der Waals surface area (Å²) in [7, 11) is 0. The minimum absolute atomic E-state index is 0.0132. The average molecular weight is 387 g/mol. The van der Waals surface area contributed by atoms with Crippen LogP contribution in [0, 0.1) is 31.3 Å². The maximum Gasteiger partial charge on any atom is 0.225 e. The largest absolute Gasteiger partial charge is 0.349 e. The van der Waals surface area contributed by atoms with Crippen LogP contribution in [0.2, 0.25) is 0 Å². The Bertz CT molecular complexity index is 1030. The minimum Gasteiger partial charge on any atom is -0.349 e. The summed E-state index contributed by atoms with van der Waals surface area (Å²) < 4.78 is 42.5. The van der Waals surface area contributed by atoms with Crippen molar-refractivity contribution < 1.29 is 18.0 Å². The van der Waals surface area contributed by atoms with Crippen LogP contribution in [-0.4, -0.2) is 15.7 Å². The van der Waals surface area contributed by atoms with E-state index in [4.69, 9.17) is 0 Å². The van der Waals surface area contributed by atoms with E-state index in [2.05, 4.69) is 10.4 Å². The number of carbonyl (C=O) groups excluding carboxylic acids is 1. The van der Waals surface area contributed by atoms with Crippen LogP contribution in [0.15, 0.2) is 42.5 Å². The lowest BCUT2D eigenvalue weighted by atomic mass is 10.1. The first-order chi connectivity index (χ1) is 13.3. The number of aromatic nitrogens is 2. The van der Waals surface area contributed by atoms with Gasteiger partial charge in [-0.1, -0.05) is 18.2 Å². The molecule has 3 rings (SSSR count). The molecule has 0 aliphatic heterocycles. The van der Waals surface area contributed by atoms with Gasteiger partial charge in [0.2, 0.25) is 5.91 Å². The van der Waals surface area contributed by atoms with Crippen molar-refractivity contribution in [3.8, 4) is 5.69 Å². The first kappa shape index (κ1) is 19.7. The van der Waals surface area contributed by atoms with Gasteiger partial charge in [-0.15, -0.1) is 0 Å². The van der Waals surface area contributed by atoms with Crippen LogP contribution in [0.25, 0.3) is 5.69 Å². The molecule has 0 saturated carbocycles. The van der Waals surface area contributed by atoms with Crippen LogP contribution in [0.4, 0.5) is 13.2 Å². The second-order valence-corrected chi connectivity index (χ2v) is 6.64. The maximum atomic E-state index is 14.1. The van der Waals surface area contributed by atoms with E-state index in [-0.39, 0.29) is 23.8 Å². The summed E-state index contributed by atoms with van der Waals surface area (Å²) >= 11 is 0. The molecule has 1 unspecified atom stereocenters. The van der Waals surface area contributed by atoms with E-state index < -0.39 is 17.7 Å². The highest BCUT2D eigenvalue weighted by Gasteiger charge is 2.20. The fourth-order valence-corrected chi connectivity index (χ4v) is 3.18. The number of hydrogen-bond donors (Lipinski definition) is 1.